The van der Waals surface area contributed by atoms with Gasteiger partial charge in [0, 0.05) is 12.1 Å². The van der Waals surface area contributed by atoms with Crippen molar-refractivity contribution in [2.24, 2.45) is 0 Å². The molecule has 5 nitrogen and oxygen atoms in total. The van der Waals surface area contributed by atoms with Gasteiger partial charge in [-0.25, -0.2) is 4.79 Å². The summed E-state index contributed by atoms with van der Waals surface area (Å²) in [4.78, 5) is 25.5. The molecule has 0 atom stereocenters. The maximum Gasteiger partial charge on any atom is 0.348 e. The number of hydrogen-bond acceptors (Lipinski definition) is 4. The second kappa shape index (κ2) is 9.51. The second-order valence-corrected chi connectivity index (χ2v) is 7.21. The molecule has 0 saturated carbocycles. The van der Waals surface area contributed by atoms with Crippen LogP contribution in [0, 0.1) is 0 Å². The summed E-state index contributed by atoms with van der Waals surface area (Å²) in [6.07, 6.45) is 0.767. The molecule has 0 fully saturated rings. The highest BCUT2D eigenvalue weighted by Gasteiger charge is 2.45. The zero-order chi connectivity index (χ0) is 20.6. The van der Waals surface area contributed by atoms with Crippen molar-refractivity contribution in [3.05, 3.63) is 71.8 Å². The van der Waals surface area contributed by atoms with Crippen molar-refractivity contribution in [1.29, 1.82) is 0 Å². The van der Waals surface area contributed by atoms with Gasteiger partial charge < -0.3 is 14.8 Å². The third-order valence-corrected chi connectivity index (χ3v) is 4.70. The number of carbonyl (C=O) groups excluding carboxylic acids is 2. The molecule has 0 unspecified atom stereocenters. The van der Waals surface area contributed by atoms with E-state index < -0.39 is 11.6 Å². The molecular weight excluding hydrogens is 354 g/mol. The molecule has 0 aromatic heterocycles. The number of esters is 1. The summed E-state index contributed by atoms with van der Waals surface area (Å²) in [5.41, 5.74) is -0.485. The van der Waals surface area contributed by atoms with E-state index in [9.17, 15) is 9.59 Å². The van der Waals surface area contributed by atoms with Crippen LogP contribution < -0.4 is 5.32 Å². The molecule has 0 aliphatic carbocycles. The normalized spacial score (nSPS) is 11.7. The Morgan fingerprint density at radius 1 is 0.893 bits per heavy atom. The summed E-state index contributed by atoms with van der Waals surface area (Å²) < 4.78 is 11.5. The van der Waals surface area contributed by atoms with Gasteiger partial charge in [0.05, 0.1) is 0 Å². The van der Waals surface area contributed by atoms with Crippen LogP contribution in [0.15, 0.2) is 60.7 Å². The minimum Gasteiger partial charge on any atom is -0.453 e. The van der Waals surface area contributed by atoms with Crippen LogP contribution in [0.2, 0.25) is 0 Å². The van der Waals surface area contributed by atoms with Gasteiger partial charge in [0.25, 0.3) is 5.91 Å². The second-order valence-electron chi connectivity index (χ2n) is 7.21. The van der Waals surface area contributed by atoms with Crippen molar-refractivity contribution < 1.29 is 19.1 Å². The Morgan fingerprint density at radius 2 is 1.39 bits per heavy atom. The van der Waals surface area contributed by atoms with Gasteiger partial charge in [0.2, 0.25) is 5.60 Å². The van der Waals surface area contributed by atoms with Crippen LogP contribution in [0.4, 0.5) is 0 Å². The molecule has 0 aliphatic heterocycles. The smallest absolute Gasteiger partial charge is 0.348 e. The Kier molecular flexibility index (Phi) is 7.35. The van der Waals surface area contributed by atoms with Crippen LogP contribution in [-0.2, 0) is 24.7 Å². The molecule has 150 valence electrons. The van der Waals surface area contributed by atoms with Gasteiger partial charge in [-0.3, -0.25) is 4.79 Å². The van der Waals surface area contributed by atoms with Crippen LogP contribution in [0.1, 0.15) is 45.2 Å². The number of hydrogen-bond donors (Lipinski definition) is 1. The molecule has 1 N–H and O–H groups in total. The SMILES string of the molecule is CCOC(C(=O)OCC(=O)NC(C)(C)CC)(c1ccccc1)c1ccccc1. The van der Waals surface area contributed by atoms with Crippen molar-refractivity contribution in [2.45, 2.75) is 45.3 Å². The van der Waals surface area contributed by atoms with E-state index in [-0.39, 0.29) is 18.1 Å². The predicted octanol–water partition coefficient (Wildman–Crippen LogP) is 3.81. The summed E-state index contributed by atoms with van der Waals surface area (Å²) in [5.74, 6) is -0.956. The van der Waals surface area contributed by atoms with Crippen LogP contribution in [-0.4, -0.2) is 30.6 Å². The highest BCUT2D eigenvalue weighted by atomic mass is 16.6. The summed E-state index contributed by atoms with van der Waals surface area (Å²) in [6.45, 7) is 7.59. The third kappa shape index (κ3) is 4.98. The first kappa shape index (κ1) is 21.6. The van der Waals surface area contributed by atoms with Crippen molar-refractivity contribution >= 4 is 11.9 Å². The summed E-state index contributed by atoms with van der Waals surface area (Å²) in [6, 6.07) is 18.4. The maximum absolute atomic E-state index is 13.3. The van der Waals surface area contributed by atoms with Gasteiger partial charge in [0.1, 0.15) is 0 Å². The van der Waals surface area contributed by atoms with Crippen LogP contribution in [0.25, 0.3) is 0 Å². The Balaban J connectivity index is 2.34. The van der Waals surface area contributed by atoms with Gasteiger partial charge >= 0.3 is 5.97 Å². The number of amides is 1. The first-order valence-electron chi connectivity index (χ1n) is 9.59. The highest BCUT2D eigenvalue weighted by Crippen LogP contribution is 2.35. The van der Waals surface area contributed by atoms with Gasteiger partial charge in [-0.15, -0.1) is 0 Å². The molecule has 2 rings (SSSR count). The molecule has 2 aromatic carbocycles. The van der Waals surface area contributed by atoms with E-state index in [2.05, 4.69) is 5.32 Å². The van der Waals surface area contributed by atoms with Crippen LogP contribution in [0.3, 0.4) is 0 Å². The van der Waals surface area contributed by atoms with Gasteiger partial charge in [0.15, 0.2) is 6.61 Å². The lowest BCUT2D eigenvalue weighted by Crippen LogP contribution is -2.47. The lowest BCUT2D eigenvalue weighted by atomic mass is 9.86. The quantitative estimate of drug-likeness (QED) is 0.669. The van der Waals surface area contributed by atoms with E-state index in [1.54, 1.807) is 0 Å². The zero-order valence-electron chi connectivity index (χ0n) is 17.0. The molecule has 0 saturated heterocycles. The van der Waals surface area contributed by atoms with E-state index >= 15 is 0 Å². The molecule has 0 bridgehead atoms. The van der Waals surface area contributed by atoms with Gasteiger partial charge in [-0.2, -0.15) is 0 Å². The lowest BCUT2D eigenvalue weighted by Gasteiger charge is -2.32. The molecule has 1 amide bonds. The monoisotopic (exact) mass is 383 g/mol. The number of nitrogens with one attached hydrogen (secondary N) is 1. The third-order valence-electron chi connectivity index (χ3n) is 4.70. The van der Waals surface area contributed by atoms with E-state index in [0.717, 1.165) is 6.42 Å². The molecule has 0 radical (unpaired) electrons. The van der Waals surface area contributed by atoms with E-state index in [4.69, 9.17) is 9.47 Å². The first-order valence-corrected chi connectivity index (χ1v) is 9.59. The Labute approximate surface area is 167 Å². The predicted molar refractivity (Wildman–Crippen MR) is 109 cm³/mol. The maximum atomic E-state index is 13.3. The first-order chi connectivity index (χ1) is 13.4. The molecule has 0 heterocycles. The average molecular weight is 383 g/mol. The Hall–Kier alpha value is -2.66. The Morgan fingerprint density at radius 3 is 1.82 bits per heavy atom. The fourth-order valence-corrected chi connectivity index (χ4v) is 2.92. The number of benzene rings is 2. The lowest BCUT2D eigenvalue weighted by molar-refractivity contribution is -0.170. The molecule has 0 spiro atoms. The summed E-state index contributed by atoms with van der Waals surface area (Å²) in [7, 11) is 0. The van der Waals surface area contributed by atoms with Gasteiger partial charge in [-0.05, 0) is 38.3 Å². The number of carbonyl (C=O) groups is 2. The zero-order valence-corrected chi connectivity index (χ0v) is 17.0. The van der Waals surface area contributed by atoms with Crippen LogP contribution >= 0.6 is 0 Å². The molecular formula is C23H29NO4. The van der Waals surface area contributed by atoms with Gasteiger partial charge in [-0.1, -0.05) is 67.6 Å². The van der Waals surface area contributed by atoms with Crippen molar-refractivity contribution in [2.75, 3.05) is 13.2 Å². The summed E-state index contributed by atoms with van der Waals surface area (Å²) in [5, 5.41) is 2.87. The van der Waals surface area contributed by atoms with E-state index in [1.165, 1.54) is 0 Å². The van der Waals surface area contributed by atoms with Crippen molar-refractivity contribution in [1.82, 2.24) is 5.32 Å². The van der Waals surface area contributed by atoms with Crippen LogP contribution in [0.5, 0.6) is 0 Å². The highest BCUT2D eigenvalue weighted by molar-refractivity contribution is 5.88. The average Bonchev–Trinajstić information content (AvgIpc) is 2.71. The molecule has 2 aromatic rings. The molecule has 5 heteroatoms. The topological polar surface area (TPSA) is 64.6 Å². The van der Waals surface area contributed by atoms with Crippen molar-refractivity contribution in [3.8, 4) is 0 Å². The minimum absolute atomic E-state index is 0.300. The number of rotatable bonds is 9. The van der Waals surface area contributed by atoms with Crippen molar-refractivity contribution in [3.63, 3.8) is 0 Å². The standard InChI is InChI=1S/C23H29NO4/c1-5-22(3,4)24-20(25)17-27-21(26)23(28-6-2,18-13-9-7-10-14-18)19-15-11-8-12-16-19/h7-16H,5-6,17H2,1-4H3,(H,24,25). The summed E-state index contributed by atoms with van der Waals surface area (Å²) >= 11 is 0. The largest absolute Gasteiger partial charge is 0.453 e. The Bertz CT molecular complexity index is 732. The van der Waals surface area contributed by atoms with E-state index in [1.807, 2.05) is 88.4 Å². The molecule has 0 aliphatic rings. The fraction of sp³-hybridized carbons (Fsp3) is 0.391. The van der Waals surface area contributed by atoms with E-state index in [0.29, 0.717) is 17.7 Å². The fourth-order valence-electron chi connectivity index (χ4n) is 2.92. The minimum atomic E-state index is -1.43. The number of ether oxygens (including phenoxy) is 2. The molecule has 28 heavy (non-hydrogen) atoms.